The van der Waals surface area contributed by atoms with Crippen molar-refractivity contribution in [1.82, 2.24) is 4.98 Å². The summed E-state index contributed by atoms with van der Waals surface area (Å²) in [5, 5.41) is 0.436. The Kier molecular flexibility index (Phi) is 4.42. The number of hydrogen-bond acceptors (Lipinski definition) is 4. The van der Waals surface area contributed by atoms with Crippen LogP contribution in [0.15, 0.2) is 3.79 Å². The fourth-order valence-corrected chi connectivity index (χ4v) is 3.96. The van der Waals surface area contributed by atoms with Gasteiger partial charge in [-0.3, -0.25) is 0 Å². The summed E-state index contributed by atoms with van der Waals surface area (Å²) in [7, 11) is 0. The smallest absolute Gasteiger partial charge is 0.347 e. The van der Waals surface area contributed by atoms with Gasteiger partial charge in [0.1, 0.15) is 3.79 Å². The molecule has 1 aromatic heterocycles. The van der Waals surface area contributed by atoms with Crippen molar-refractivity contribution in [2.24, 2.45) is 17.6 Å². The van der Waals surface area contributed by atoms with Gasteiger partial charge in [0.25, 0.3) is 0 Å². The van der Waals surface area contributed by atoms with Gasteiger partial charge < -0.3 is 10.6 Å². The Morgan fingerprint density at radius 2 is 2.16 bits per heavy atom. The van der Waals surface area contributed by atoms with Crippen molar-refractivity contribution in [3.8, 4) is 0 Å². The summed E-state index contributed by atoms with van der Waals surface area (Å²) in [6.45, 7) is 4.18. The van der Waals surface area contributed by atoms with Gasteiger partial charge in [0, 0.05) is 13.1 Å². The van der Waals surface area contributed by atoms with Crippen LogP contribution in [-0.2, 0) is 6.18 Å². The predicted molar refractivity (Wildman–Crippen MR) is 73.4 cm³/mol. The fraction of sp³-hybridized carbons (Fsp3) is 0.727. The average Bonchev–Trinajstić information content (AvgIpc) is 2.83. The molecule has 0 amide bonds. The fourth-order valence-electron chi connectivity index (χ4n) is 2.38. The minimum atomic E-state index is -4.41. The number of alkyl halides is 3. The SMILES string of the molecule is C[C@@H]1CN(c2nc(C(F)(F)F)c(Br)s2)C[C@H]1CCN. The maximum absolute atomic E-state index is 12.7. The number of hydrogen-bond donors (Lipinski definition) is 1. The first kappa shape index (κ1) is 15.1. The molecule has 2 heterocycles. The van der Waals surface area contributed by atoms with Crippen LogP contribution in [0.4, 0.5) is 18.3 Å². The first-order valence-corrected chi connectivity index (χ1v) is 7.62. The Morgan fingerprint density at radius 1 is 1.47 bits per heavy atom. The average molecular weight is 358 g/mol. The molecular weight excluding hydrogens is 343 g/mol. The van der Waals surface area contributed by atoms with E-state index in [0.717, 1.165) is 30.8 Å². The molecule has 19 heavy (non-hydrogen) atoms. The van der Waals surface area contributed by atoms with E-state index in [1.165, 1.54) is 0 Å². The van der Waals surface area contributed by atoms with Crippen molar-refractivity contribution in [2.75, 3.05) is 24.5 Å². The normalized spacial score (nSPS) is 24.2. The van der Waals surface area contributed by atoms with E-state index < -0.39 is 11.9 Å². The number of aromatic nitrogens is 1. The summed E-state index contributed by atoms with van der Waals surface area (Å²) in [6.07, 6.45) is -3.51. The van der Waals surface area contributed by atoms with Gasteiger partial charge in [-0.15, -0.1) is 0 Å². The Labute approximate surface area is 122 Å². The van der Waals surface area contributed by atoms with Crippen LogP contribution in [-0.4, -0.2) is 24.6 Å². The van der Waals surface area contributed by atoms with E-state index in [1.807, 2.05) is 4.90 Å². The van der Waals surface area contributed by atoms with Crippen molar-refractivity contribution in [1.29, 1.82) is 0 Å². The van der Waals surface area contributed by atoms with Gasteiger partial charge >= 0.3 is 6.18 Å². The lowest BCUT2D eigenvalue weighted by atomic mass is 9.95. The van der Waals surface area contributed by atoms with Crippen LogP contribution in [0.5, 0.6) is 0 Å². The topological polar surface area (TPSA) is 42.2 Å². The highest BCUT2D eigenvalue weighted by atomic mass is 79.9. The molecule has 0 bridgehead atoms. The summed E-state index contributed by atoms with van der Waals surface area (Å²) in [4.78, 5) is 5.66. The lowest BCUT2D eigenvalue weighted by Crippen LogP contribution is -2.20. The molecule has 2 rings (SSSR count). The van der Waals surface area contributed by atoms with Crippen molar-refractivity contribution < 1.29 is 13.2 Å². The zero-order valence-corrected chi connectivity index (χ0v) is 12.8. The van der Waals surface area contributed by atoms with Gasteiger partial charge in [-0.25, -0.2) is 4.98 Å². The third kappa shape index (κ3) is 3.22. The monoisotopic (exact) mass is 357 g/mol. The van der Waals surface area contributed by atoms with E-state index in [2.05, 4.69) is 27.8 Å². The van der Waals surface area contributed by atoms with Crippen LogP contribution >= 0.6 is 27.3 Å². The van der Waals surface area contributed by atoms with E-state index in [-0.39, 0.29) is 3.79 Å². The third-order valence-electron chi connectivity index (χ3n) is 3.42. The van der Waals surface area contributed by atoms with Gasteiger partial charge in [0.05, 0.1) is 0 Å². The lowest BCUT2D eigenvalue weighted by Gasteiger charge is -2.14. The van der Waals surface area contributed by atoms with Crippen LogP contribution in [0.2, 0.25) is 0 Å². The van der Waals surface area contributed by atoms with E-state index in [4.69, 9.17) is 5.73 Å². The minimum Gasteiger partial charge on any atom is -0.347 e. The Hall–Kier alpha value is -0.340. The second-order valence-corrected chi connectivity index (χ2v) is 7.13. The molecule has 1 aliphatic heterocycles. The Morgan fingerprint density at radius 3 is 2.68 bits per heavy atom. The number of nitrogens with zero attached hydrogens (tertiary/aromatic N) is 2. The quantitative estimate of drug-likeness (QED) is 0.901. The molecule has 8 heteroatoms. The van der Waals surface area contributed by atoms with Crippen LogP contribution in [0.1, 0.15) is 19.0 Å². The summed E-state index contributed by atoms with van der Waals surface area (Å²) in [5.41, 5.74) is 4.72. The molecule has 0 aliphatic carbocycles. The van der Waals surface area contributed by atoms with Crippen molar-refractivity contribution in [3.05, 3.63) is 9.48 Å². The largest absolute Gasteiger partial charge is 0.435 e. The van der Waals surface area contributed by atoms with E-state index in [1.54, 1.807) is 0 Å². The zero-order chi connectivity index (χ0) is 14.2. The third-order valence-corrected chi connectivity index (χ3v) is 5.18. The standard InChI is InChI=1S/C11H15BrF3N3S/c1-6-4-18(5-7(6)2-3-16)10-17-8(9(12)19-10)11(13,14)15/h6-7H,2-5,16H2,1H3/t6-,7-/m1/s1. The molecule has 0 unspecified atom stereocenters. The molecule has 0 spiro atoms. The molecule has 2 N–H and O–H groups in total. The van der Waals surface area contributed by atoms with Gasteiger partial charge in [-0.05, 0) is 40.7 Å². The Balaban J connectivity index is 2.16. The van der Waals surface area contributed by atoms with Gasteiger partial charge in [-0.1, -0.05) is 18.3 Å². The molecule has 0 aromatic carbocycles. The zero-order valence-electron chi connectivity index (χ0n) is 10.4. The van der Waals surface area contributed by atoms with Gasteiger partial charge in [0.2, 0.25) is 0 Å². The molecule has 1 saturated heterocycles. The summed E-state index contributed by atoms with van der Waals surface area (Å²) < 4.78 is 38.2. The van der Waals surface area contributed by atoms with E-state index in [0.29, 0.717) is 23.5 Å². The van der Waals surface area contributed by atoms with Crippen LogP contribution in [0.25, 0.3) is 0 Å². The number of thiazole rings is 1. The number of anilines is 1. The van der Waals surface area contributed by atoms with Crippen molar-refractivity contribution in [3.63, 3.8) is 0 Å². The molecule has 3 nitrogen and oxygen atoms in total. The predicted octanol–water partition coefficient (Wildman–Crippen LogP) is 3.35. The molecule has 1 aliphatic rings. The molecule has 2 atom stereocenters. The summed E-state index contributed by atoms with van der Waals surface area (Å²) in [6, 6.07) is 0. The molecular formula is C11H15BrF3N3S. The highest BCUT2D eigenvalue weighted by Crippen LogP contribution is 2.42. The molecule has 1 fully saturated rings. The molecule has 108 valence electrons. The van der Waals surface area contributed by atoms with Crippen LogP contribution < -0.4 is 10.6 Å². The highest BCUT2D eigenvalue weighted by Gasteiger charge is 2.39. The number of halogens is 4. The first-order chi connectivity index (χ1) is 8.82. The lowest BCUT2D eigenvalue weighted by molar-refractivity contribution is -0.141. The second-order valence-electron chi connectivity index (χ2n) is 4.84. The Bertz CT molecular complexity index is 449. The van der Waals surface area contributed by atoms with Gasteiger partial charge in [0.15, 0.2) is 10.8 Å². The van der Waals surface area contributed by atoms with Crippen molar-refractivity contribution >= 4 is 32.4 Å². The second kappa shape index (κ2) is 5.57. The molecule has 0 saturated carbocycles. The van der Waals surface area contributed by atoms with Gasteiger partial charge in [-0.2, -0.15) is 13.2 Å². The van der Waals surface area contributed by atoms with E-state index >= 15 is 0 Å². The van der Waals surface area contributed by atoms with Crippen LogP contribution in [0.3, 0.4) is 0 Å². The molecule has 0 radical (unpaired) electrons. The van der Waals surface area contributed by atoms with Crippen molar-refractivity contribution in [2.45, 2.75) is 19.5 Å². The molecule has 1 aromatic rings. The maximum Gasteiger partial charge on any atom is 0.435 e. The number of rotatable bonds is 3. The summed E-state index contributed by atoms with van der Waals surface area (Å²) in [5.74, 6) is 0.863. The number of nitrogens with two attached hydrogens (primary N) is 1. The first-order valence-electron chi connectivity index (χ1n) is 6.01. The maximum atomic E-state index is 12.7. The minimum absolute atomic E-state index is 0.0462. The summed E-state index contributed by atoms with van der Waals surface area (Å²) >= 11 is 3.99. The van der Waals surface area contributed by atoms with Crippen LogP contribution in [0, 0.1) is 11.8 Å². The highest BCUT2D eigenvalue weighted by molar-refractivity contribution is 9.11. The van der Waals surface area contributed by atoms with E-state index in [9.17, 15) is 13.2 Å².